The number of methoxy groups -OCH3 is 1. The lowest BCUT2D eigenvalue weighted by Gasteiger charge is -2.13. The Kier molecular flexibility index (Phi) is 6.92. The maximum atomic E-state index is 5.96. The molecule has 0 aliphatic carbocycles. The van der Waals surface area contributed by atoms with E-state index in [2.05, 4.69) is 15.9 Å². The van der Waals surface area contributed by atoms with Crippen molar-refractivity contribution in [1.82, 2.24) is 0 Å². The lowest BCUT2D eigenvalue weighted by Crippen LogP contribution is -2.15. The second-order valence-corrected chi connectivity index (χ2v) is 3.93. The van der Waals surface area contributed by atoms with Gasteiger partial charge in [-0.05, 0) is 36.7 Å². The summed E-state index contributed by atoms with van der Waals surface area (Å²) in [6, 6.07) is 5.72. The lowest BCUT2D eigenvalue weighted by atomic mass is 10.0. The Morgan fingerprint density at radius 3 is 2.67 bits per heavy atom. The summed E-state index contributed by atoms with van der Waals surface area (Å²) in [5, 5.41) is 0. The molecule has 0 bridgehead atoms. The Balaban J connectivity index is 0.00000196. The SMILES string of the molecule is COc1ccc(Br)c([C@@H](N)CCN)c1.Cl. The number of hydrogen-bond donors (Lipinski definition) is 2. The smallest absolute Gasteiger partial charge is 0.119 e. The number of hydrogen-bond acceptors (Lipinski definition) is 3. The molecule has 0 aliphatic rings. The van der Waals surface area contributed by atoms with Gasteiger partial charge in [0.05, 0.1) is 7.11 Å². The van der Waals surface area contributed by atoms with Gasteiger partial charge in [-0.2, -0.15) is 0 Å². The Bertz CT molecular complexity index is 309. The molecule has 86 valence electrons. The van der Waals surface area contributed by atoms with E-state index in [0.717, 1.165) is 22.2 Å². The van der Waals surface area contributed by atoms with Crippen LogP contribution in [0.15, 0.2) is 22.7 Å². The normalized spacial score (nSPS) is 11.7. The van der Waals surface area contributed by atoms with Crippen molar-refractivity contribution < 1.29 is 4.74 Å². The van der Waals surface area contributed by atoms with Crippen molar-refractivity contribution in [2.24, 2.45) is 11.5 Å². The molecule has 0 saturated heterocycles. The zero-order valence-corrected chi connectivity index (χ0v) is 11.0. The van der Waals surface area contributed by atoms with Crippen LogP contribution in [0.2, 0.25) is 0 Å². The summed E-state index contributed by atoms with van der Waals surface area (Å²) in [5.74, 6) is 0.815. The quantitative estimate of drug-likeness (QED) is 0.895. The van der Waals surface area contributed by atoms with Crippen molar-refractivity contribution >= 4 is 28.3 Å². The van der Waals surface area contributed by atoms with Gasteiger partial charge in [0.25, 0.3) is 0 Å². The van der Waals surface area contributed by atoms with Crippen molar-refractivity contribution in [3.05, 3.63) is 28.2 Å². The van der Waals surface area contributed by atoms with Gasteiger partial charge < -0.3 is 16.2 Å². The maximum Gasteiger partial charge on any atom is 0.119 e. The van der Waals surface area contributed by atoms with Crippen LogP contribution in [0.5, 0.6) is 5.75 Å². The highest BCUT2D eigenvalue weighted by Crippen LogP contribution is 2.27. The summed E-state index contributed by atoms with van der Waals surface area (Å²) in [6.45, 7) is 0.588. The summed E-state index contributed by atoms with van der Waals surface area (Å²) in [5.41, 5.74) is 12.5. The standard InChI is InChI=1S/C10H15BrN2O.ClH/c1-14-7-2-3-9(11)8(6-7)10(13)4-5-12;/h2-3,6,10H,4-5,12-13H2,1H3;1H/t10-;/m0./s1. The minimum atomic E-state index is -0.0375. The largest absolute Gasteiger partial charge is 0.497 e. The monoisotopic (exact) mass is 294 g/mol. The molecule has 0 amide bonds. The molecule has 0 spiro atoms. The fourth-order valence-corrected chi connectivity index (χ4v) is 1.81. The van der Waals surface area contributed by atoms with Crippen LogP contribution in [0.4, 0.5) is 0 Å². The molecular formula is C10H16BrClN2O. The van der Waals surface area contributed by atoms with Gasteiger partial charge in [-0.25, -0.2) is 0 Å². The van der Waals surface area contributed by atoms with E-state index in [1.54, 1.807) is 7.11 Å². The average Bonchev–Trinajstić information content (AvgIpc) is 2.19. The maximum absolute atomic E-state index is 5.96. The first-order chi connectivity index (χ1) is 6.69. The zero-order valence-electron chi connectivity index (χ0n) is 8.57. The highest BCUT2D eigenvalue weighted by atomic mass is 79.9. The molecule has 0 fully saturated rings. The molecule has 1 aromatic carbocycles. The van der Waals surface area contributed by atoms with Crippen LogP contribution in [0, 0.1) is 0 Å². The Labute approximate surface area is 105 Å². The molecule has 1 aromatic rings. The van der Waals surface area contributed by atoms with Gasteiger partial charge in [0.15, 0.2) is 0 Å². The van der Waals surface area contributed by atoms with E-state index < -0.39 is 0 Å². The zero-order chi connectivity index (χ0) is 10.6. The van der Waals surface area contributed by atoms with E-state index in [9.17, 15) is 0 Å². The molecule has 0 heterocycles. The van der Waals surface area contributed by atoms with Gasteiger partial charge >= 0.3 is 0 Å². The topological polar surface area (TPSA) is 61.3 Å². The summed E-state index contributed by atoms with van der Waals surface area (Å²) < 4.78 is 6.13. The van der Waals surface area contributed by atoms with Gasteiger partial charge in [0.1, 0.15) is 5.75 Å². The van der Waals surface area contributed by atoms with Gasteiger partial charge in [-0.3, -0.25) is 0 Å². The molecule has 4 N–H and O–H groups in total. The molecule has 3 nitrogen and oxygen atoms in total. The predicted octanol–water partition coefficient (Wildman–Crippen LogP) is 2.23. The van der Waals surface area contributed by atoms with Crippen molar-refractivity contribution in [2.45, 2.75) is 12.5 Å². The van der Waals surface area contributed by atoms with E-state index in [4.69, 9.17) is 16.2 Å². The molecular weight excluding hydrogens is 279 g/mol. The molecule has 15 heavy (non-hydrogen) atoms. The van der Waals surface area contributed by atoms with Crippen molar-refractivity contribution in [2.75, 3.05) is 13.7 Å². The third kappa shape index (κ3) is 3.99. The van der Waals surface area contributed by atoms with Crippen LogP contribution in [0.1, 0.15) is 18.0 Å². The summed E-state index contributed by atoms with van der Waals surface area (Å²) >= 11 is 3.45. The van der Waals surface area contributed by atoms with E-state index in [0.29, 0.717) is 6.54 Å². The molecule has 1 atom stereocenters. The van der Waals surface area contributed by atoms with Crippen molar-refractivity contribution in [3.63, 3.8) is 0 Å². The van der Waals surface area contributed by atoms with Gasteiger partial charge in [-0.15, -0.1) is 12.4 Å². The van der Waals surface area contributed by atoms with Crippen LogP contribution in [-0.4, -0.2) is 13.7 Å². The van der Waals surface area contributed by atoms with Crippen molar-refractivity contribution in [1.29, 1.82) is 0 Å². The Hall–Kier alpha value is -0.290. The molecule has 0 radical (unpaired) electrons. The van der Waals surface area contributed by atoms with E-state index >= 15 is 0 Å². The minimum absolute atomic E-state index is 0. The van der Waals surface area contributed by atoms with Crippen LogP contribution >= 0.6 is 28.3 Å². The molecule has 5 heteroatoms. The predicted molar refractivity (Wildman–Crippen MR) is 68.5 cm³/mol. The number of nitrogens with two attached hydrogens (primary N) is 2. The first-order valence-corrected chi connectivity index (χ1v) is 5.27. The summed E-state index contributed by atoms with van der Waals surface area (Å²) in [6.07, 6.45) is 0.770. The van der Waals surface area contributed by atoms with Gasteiger partial charge in [0, 0.05) is 10.5 Å². The highest BCUT2D eigenvalue weighted by molar-refractivity contribution is 9.10. The van der Waals surface area contributed by atoms with Crippen LogP contribution in [-0.2, 0) is 0 Å². The molecule has 0 saturated carbocycles. The Morgan fingerprint density at radius 2 is 2.13 bits per heavy atom. The molecule has 0 unspecified atom stereocenters. The van der Waals surface area contributed by atoms with Gasteiger partial charge in [0.2, 0.25) is 0 Å². The second-order valence-electron chi connectivity index (χ2n) is 3.07. The third-order valence-corrected chi connectivity index (χ3v) is 2.80. The first-order valence-electron chi connectivity index (χ1n) is 4.48. The third-order valence-electron chi connectivity index (χ3n) is 2.08. The number of halogens is 2. The van der Waals surface area contributed by atoms with E-state index in [-0.39, 0.29) is 18.4 Å². The number of ether oxygens (including phenoxy) is 1. The average molecular weight is 296 g/mol. The van der Waals surface area contributed by atoms with E-state index in [1.807, 2.05) is 18.2 Å². The molecule has 1 rings (SSSR count). The number of benzene rings is 1. The minimum Gasteiger partial charge on any atom is -0.497 e. The summed E-state index contributed by atoms with van der Waals surface area (Å²) in [7, 11) is 1.64. The van der Waals surface area contributed by atoms with Gasteiger partial charge in [-0.1, -0.05) is 15.9 Å². The lowest BCUT2D eigenvalue weighted by molar-refractivity contribution is 0.413. The first kappa shape index (κ1) is 14.7. The fourth-order valence-electron chi connectivity index (χ4n) is 1.27. The Morgan fingerprint density at radius 1 is 1.47 bits per heavy atom. The molecule has 0 aromatic heterocycles. The van der Waals surface area contributed by atoms with Crippen LogP contribution in [0.25, 0.3) is 0 Å². The fraction of sp³-hybridized carbons (Fsp3) is 0.400. The highest BCUT2D eigenvalue weighted by Gasteiger charge is 2.09. The van der Waals surface area contributed by atoms with E-state index in [1.165, 1.54) is 0 Å². The summed E-state index contributed by atoms with van der Waals surface area (Å²) in [4.78, 5) is 0. The van der Waals surface area contributed by atoms with Crippen molar-refractivity contribution in [3.8, 4) is 5.75 Å². The van der Waals surface area contributed by atoms with Crippen LogP contribution in [0.3, 0.4) is 0 Å². The van der Waals surface area contributed by atoms with Crippen LogP contribution < -0.4 is 16.2 Å². The molecule has 0 aliphatic heterocycles. The number of rotatable bonds is 4. The second kappa shape index (κ2) is 7.06.